The summed E-state index contributed by atoms with van der Waals surface area (Å²) in [5, 5.41) is 14.8. The van der Waals surface area contributed by atoms with E-state index in [4.69, 9.17) is 4.42 Å². The van der Waals surface area contributed by atoms with E-state index in [9.17, 15) is 0 Å². The zero-order valence-electron chi connectivity index (χ0n) is 11.6. The van der Waals surface area contributed by atoms with Gasteiger partial charge in [-0.05, 0) is 19.8 Å². The Kier molecular flexibility index (Phi) is 4.22. The number of anilines is 1. The van der Waals surface area contributed by atoms with Crippen molar-refractivity contribution in [2.24, 2.45) is 0 Å². The van der Waals surface area contributed by atoms with Crippen molar-refractivity contribution in [3.8, 4) is 0 Å². The van der Waals surface area contributed by atoms with Crippen LogP contribution in [0.15, 0.2) is 4.42 Å². The molecule has 0 aromatic carbocycles. The zero-order valence-corrected chi connectivity index (χ0v) is 11.6. The fourth-order valence-electron chi connectivity index (χ4n) is 2.38. The largest absolute Gasteiger partial charge is 0.407 e. The van der Waals surface area contributed by atoms with Crippen molar-refractivity contribution in [3.05, 3.63) is 5.89 Å². The SMILES string of the molecule is CC(C)NCc1nnc(NC2(C)CCCCC2)o1. The highest BCUT2D eigenvalue weighted by molar-refractivity contribution is 5.23. The Balaban J connectivity index is 1.89. The molecule has 5 nitrogen and oxygen atoms in total. The molecule has 0 atom stereocenters. The van der Waals surface area contributed by atoms with Gasteiger partial charge in [0, 0.05) is 11.6 Å². The lowest BCUT2D eigenvalue weighted by molar-refractivity contribution is 0.338. The average Bonchev–Trinajstić information content (AvgIpc) is 2.74. The van der Waals surface area contributed by atoms with Gasteiger partial charge in [0.1, 0.15) is 0 Å². The van der Waals surface area contributed by atoms with Crippen LogP contribution in [0.1, 0.15) is 58.8 Å². The maximum absolute atomic E-state index is 5.61. The fraction of sp³-hybridized carbons (Fsp3) is 0.846. The first-order chi connectivity index (χ1) is 8.57. The lowest BCUT2D eigenvalue weighted by Gasteiger charge is -2.33. The summed E-state index contributed by atoms with van der Waals surface area (Å²) in [7, 11) is 0. The Hall–Kier alpha value is -1.10. The third-order valence-corrected chi connectivity index (χ3v) is 3.49. The minimum Gasteiger partial charge on any atom is -0.407 e. The number of nitrogens with zero attached hydrogens (tertiary/aromatic N) is 2. The third-order valence-electron chi connectivity index (χ3n) is 3.49. The standard InChI is InChI=1S/C13H24N4O/c1-10(2)14-9-11-16-17-12(18-11)15-13(3)7-5-4-6-8-13/h10,14H,4-9H2,1-3H3,(H,15,17). The molecule has 0 aliphatic heterocycles. The summed E-state index contributed by atoms with van der Waals surface area (Å²) in [6, 6.07) is 0.976. The van der Waals surface area contributed by atoms with E-state index in [1.54, 1.807) is 0 Å². The Morgan fingerprint density at radius 3 is 2.61 bits per heavy atom. The molecule has 1 fully saturated rings. The molecular weight excluding hydrogens is 228 g/mol. The summed E-state index contributed by atoms with van der Waals surface area (Å²) in [6.07, 6.45) is 6.24. The van der Waals surface area contributed by atoms with Crippen molar-refractivity contribution in [2.45, 2.75) is 71.0 Å². The van der Waals surface area contributed by atoms with Gasteiger partial charge in [0.05, 0.1) is 6.54 Å². The van der Waals surface area contributed by atoms with Crippen LogP contribution in [0, 0.1) is 0 Å². The first-order valence-electron chi connectivity index (χ1n) is 6.91. The van der Waals surface area contributed by atoms with Crippen LogP contribution in [0.25, 0.3) is 0 Å². The van der Waals surface area contributed by atoms with Crippen LogP contribution < -0.4 is 10.6 Å². The van der Waals surface area contributed by atoms with Crippen molar-refractivity contribution in [1.82, 2.24) is 15.5 Å². The molecule has 0 radical (unpaired) electrons. The van der Waals surface area contributed by atoms with Crippen molar-refractivity contribution < 1.29 is 4.42 Å². The Labute approximate surface area is 109 Å². The summed E-state index contributed by atoms with van der Waals surface area (Å²) in [5.41, 5.74) is 0.119. The predicted molar refractivity (Wildman–Crippen MR) is 71.4 cm³/mol. The number of nitrogens with one attached hydrogen (secondary N) is 2. The summed E-state index contributed by atoms with van der Waals surface area (Å²) in [5.74, 6) is 0.644. The molecule has 1 aliphatic carbocycles. The highest BCUT2D eigenvalue weighted by atomic mass is 16.4. The molecule has 1 aliphatic rings. The van der Waals surface area contributed by atoms with Gasteiger partial charge in [0.15, 0.2) is 0 Å². The second kappa shape index (κ2) is 5.69. The van der Waals surface area contributed by atoms with Gasteiger partial charge in [0.25, 0.3) is 0 Å². The van der Waals surface area contributed by atoms with Gasteiger partial charge in [-0.2, -0.15) is 0 Å². The monoisotopic (exact) mass is 252 g/mol. The molecule has 2 N–H and O–H groups in total. The fourth-order valence-corrected chi connectivity index (χ4v) is 2.38. The van der Waals surface area contributed by atoms with Gasteiger partial charge >= 0.3 is 6.01 Å². The average molecular weight is 252 g/mol. The lowest BCUT2D eigenvalue weighted by Crippen LogP contribution is -2.36. The van der Waals surface area contributed by atoms with Gasteiger partial charge in [-0.15, -0.1) is 5.10 Å². The van der Waals surface area contributed by atoms with Gasteiger partial charge in [-0.1, -0.05) is 38.2 Å². The maximum Gasteiger partial charge on any atom is 0.315 e. The van der Waals surface area contributed by atoms with E-state index < -0.39 is 0 Å². The normalized spacial score (nSPS) is 19.1. The third kappa shape index (κ3) is 3.70. The molecule has 1 aromatic heterocycles. The number of rotatable bonds is 5. The smallest absolute Gasteiger partial charge is 0.315 e. The van der Waals surface area contributed by atoms with Crippen LogP contribution >= 0.6 is 0 Å². The molecule has 18 heavy (non-hydrogen) atoms. The first-order valence-corrected chi connectivity index (χ1v) is 6.91. The van der Waals surface area contributed by atoms with Crippen molar-refractivity contribution >= 4 is 6.01 Å². The predicted octanol–water partition coefficient (Wildman–Crippen LogP) is 2.70. The lowest BCUT2D eigenvalue weighted by atomic mass is 9.83. The molecule has 2 rings (SSSR count). The van der Waals surface area contributed by atoms with Gasteiger partial charge in [0.2, 0.25) is 5.89 Å². The second-order valence-corrected chi connectivity index (χ2v) is 5.78. The van der Waals surface area contributed by atoms with Crippen LogP contribution in [-0.2, 0) is 6.54 Å². The van der Waals surface area contributed by atoms with Gasteiger partial charge < -0.3 is 15.1 Å². The van der Waals surface area contributed by atoms with E-state index in [1.165, 1.54) is 32.1 Å². The van der Waals surface area contributed by atoms with E-state index >= 15 is 0 Å². The van der Waals surface area contributed by atoms with Crippen LogP contribution in [0.2, 0.25) is 0 Å². The maximum atomic E-state index is 5.61. The molecule has 1 aromatic rings. The van der Waals surface area contributed by atoms with E-state index in [0.717, 1.165) is 0 Å². The highest BCUT2D eigenvalue weighted by Crippen LogP contribution is 2.30. The Bertz CT molecular complexity index is 369. The van der Waals surface area contributed by atoms with E-state index in [2.05, 4.69) is 41.6 Å². The molecular formula is C13H24N4O. The van der Waals surface area contributed by atoms with Crippen LogP contribution in [-0.4, -0.2) is 21.8 Å². The van der Waals surface area contributed by atoms with Crippen molar-refractivity contribution in [3.63, 3.8) is 0 Å². The van der Waals surface area contributed by atoms with Crippen LogP contribution in [0.5, 0.6) is 0 Å². The summed E-state index contributed by atoms with van der Waals surface area (Å²) in [6.45, 7) is 7.06. The number of aromatic nitrogens is 2. The molecule has 1 heterocycles. The summed E-state index contributed by atoms with van der Waals surface area (Å²) in [4.78, 5) is 0. The molecule has 0 saturated heterocycles. The molecule has 102 valence electrons. The molecule has 0 bridgehead atoms. The minimum absolute atomic E-state index is 0.119. The minimum atomic E-state index is 0.119. The Morgan fingerprint density at radius 2 is 1.94 bits per heavy atom. The quantitative estimate of drug-likeness (QED) is 0.843. The number of hydrogen-bond acceptors (Lipinski definition) is 5. The highest BCUT2D eigenvalue weighted by Gasteiger charge is 2.28. The van der Waals surface area contributed by atoms with Gasteiger partial charge in [-0.25, -0.2) is 0 Å². The summed E-state index contributed by atoms with van der Waals surface area (Å²) >= 11 is 0. The topological polar surface area (TPSA) is 63.0 Å². The van der Waals surface area contributed by atoms with E-state index in [-0.39, 0.29) is 5.54 Å². The molecule has 0 unspecified atom stereocenters. The molecule has 0 spiro atoms. The molecule has 5 heteroatoms. The second-order valence-electron chi connectivity index (χ2n) is 5.78. The van der Waals surface area contributed by atoms with E-state index in [1.807, 2.05) is 0 Å². The van der Waals surface area contributed by atoms with Crippen LogP contribution in [0.4, 0.5) is 6.01 Å². The Morgan fingerprint density at radius 1 is 1.22 bits per heavy atom. The van der Waals surface area contributed by atoms with Crippen LogP contribution in [0.3, 0.4) is 0 Å². The van der Waals surface area contributed by atoms with E-state index in [0.29, 0.717) is 24.5 Å². The molecule has 0 amide bonds. The summed E-state index contributed by atoms with van der Waals surface area (Å²) < 4.78 is 5.61. The zero-order chi connectivity index (χ0) is 13.0. The van der Waals surface area contributed by atoms with Crippen molar-refractivity contribution in [1.29, 1.82) is 0 Å². The first kappa shape index (κ1) is 13.3. The van der Waals surface area contributed by atoms with Crippen molar-refractivity contribution in [2.75, 3.05) is 5.32 Å². The van der Waals surface area contributed by atoms with Gasteiger partial charge in [-0.3, -0.25) is 0 Å². The molecule has 1 saturated carbocycles. The number of hydrogen-bond donors (Lipinski definition) is 2.